The van der Waals surface area contributed by atoms with Crippen molar-refractivity contribution in [1.29, 1.82) is 0 Å². The van der Waals surface area contributed by atoms with Crippen molar-refractivity contribution in [3.05, 3.63) is 71.8 Å². The molecule has 0 atom stereocenters. The van der Waals surface area contributed by atoms with E-state index in [0.29, 0.717) is 11.6 Å². The van der Waals surface area contributed by atoms with Crippen LogP contribution in [-0.2, 0) is 0 Å². The van der Waals surface area contributed by atoms with Gasteiger partial charge in [-0.05, 0) is 41.5 Å². The monoisotopic (exact) mass is 352 g/mol. The van der Waals surface area contributed by atoms with Gasteiger partial charge in [-0.3, -0.25) is 0 Å². The third-order valence-electron chi connectivity index (χ3n) is 4.52. The maximum atomic E-state index is 4.47. The molecule has 0 aliphatic rings. The lowest BCUT2D eigenvalue weighted by Crippen LogP contribution is -1.99. The summed E-state index contributed by atoms with van der Waals surface area (Å²) in [5, 5.41) is 16.1. The molecule has 6 heteroatoms. The first-order chi connectivity index (χ1) is 13.3. The maximum absolute atomic E-state index is 4.47. The molecule has 0 unspecified atom stereocenters. The summed E-state index contributed by atoms with van der Waals surface area (Å²) >= 11 is 0. The maximum Gasteiger partial charge on any atom is 0.265 e. The lowest BCUT2D eigenvalue weighted by atomic mass is 10.1. The molecule has 0 saturated carbocycles. The summed E-state index contributed by atoms with van der Waals surface area (Å²) in [7, 11) is 0. The highest BCUT2D eigenvalue weighted by Crippen LogP contribution is 2.23. The summed E-state index contributed by atoms with van der Waals surface area (Å²) in [5.41, 5.74) is 7.47. The summed E-state index contributed by atoms with van der Waals surface area (Å²) in [4.78, 5) is 7.74. The molecule has 3 aromatic carbocycles. The normalized spacial score (nSPS) is 11.7. The average Bonchev–Trinajstić information content (AvgIpc) is 3.05. The predicted octanol–water partition coefficient (Wildman–Crippen LogP) is 4.41. The molecule has 2 heterocycles. The summed E-state index contributed by atoms with van der Waals surface area (Å²) in [5.74, 6) is 0.350. The highest BCUT2D eigenvalue weighted by Gasteiger charge is 2.08. The molecule has 130 valence electrons. The molecule has 0 radical (unpaired) electrons. The number of aromatic nitrogens is 4. The second-order valence-corrected chi connectivity index (χ2v) is 6.48. The fourth-order valence-corrected chi connectivity index (χ4v) is 3.19. The van der Waals surface area contributed by atoms with Gasteiger partial charge >= 0.3 is 0 Å². The van der Waals surface area contributed by atoms with Gasteiger partial charge in [-0.25, -0.2) is 5.43 Å². The number of anilines is 1. The number of hydrogen-bond donors (Lipinski definition) is 2. The molecule has 2 aromatic heterocycles. The molecular weight excluding hydrogens is 336 g/mol. The van der Waals surface area contributed by atoms with Gasteiger partial charge < -0.3 is 4.98 Å². The van der Waals surface area contributed by atoms with Crippen molar-refractivity contribution in [2.24, 2.45) is 5.10 Å². The number of rotatable bonds is 3. The first-order valence-electron chi connectivity index (χ1n) is 8.67. The van der Waals surface area contributed by atoms with Crippen molar-refractivity contribution in [1.82, 2.24) is 20.2 Å². The summed E-state index contributed by atoms with van der Waals surface area (Å²) in [6, 6.07) is 20.6. The molecule has 0 aliphatic carbocycles. The Morgan fingerprint density at radius 1 is 0.963 bits per heavy atom. The predicted molar refractivity (Wildman–Crippen MR) is 109 cm³/mol. The zero-order valence-electron chi connectivity index (χ0n) is 14.6. The molecule has 0 saturated heterocycles. The molecule has 0 spiro atoms. The minimum Gasteiger partial charge on any atom is -0.338 e. The van der Waals surface area contributed by atoms with Crippen LogP contribution < -0.4 is 5.43 Å². The van der Waals surface area contributed by atoms with Crippen LogP contribution in [0.4, 0.5) is 5.95 Å². The lowest BCUT2D eigenvalue weighted by molar-refractivity contribution is 1.01. The Morgan fingerprint density at radius 3 is 2.78 bits per heavy atom. The van der Waals surface area contributed by atoms with E-state index in [1.54, 1.807) is 6.21 Å². The molecule has 5 rings (SSSR count). The van der Waals surface area contributed by atoms with Crippen molar-refractivity contribution in [3.8, 4) is 0 Å². The Hall–Kier alpha value is -3.80. The van der Waals surface area contributed by atoms with Crippen LogP contribution in [0.25, 0.3) is 32.8 Å². The molecule has 0 bridgehead atoms. The second-order valence-electron chi connectivity index (χ2n) is 6.48. The highest BCUT2D eigenvalue weighted by molar-refractivity contribution is 6.03. The number of H-pyrrole nitrogens is 1. The van der Waals surface area contributed by atoms with E-state index in [2.05, 4.69) is 74.0 Å². The lowest BCUT2D eigenvalue weighted by Gasteiger charge is -2.00. The topological polar surface area (TPSA) is 78.9 Å². The number of hydrogen-bond acceptors (Lipinski definition) is 5. The van der Waals surface area contributed by atoms with Crippen molar-refractivity contribution in [2.75, 3.05) is 5.43 Å². The number of aromatic amines is 1. The Labute approximate surface area is 155 Å². The Kier molecular flexibility index (Phi) is 3.53. The van der Waals surface area contributed by atoms with Gasteiger partial charge in [-0.15, -0.1) is 10.2 Å². The minimum atomic E-state index is 0.350. The van der Waals surface area contributed by atoms with Crippen LogP contribution in [0.15, 0.2) is 65.8 Å². The Balaban J connectivity index is 1.41. The first kappa shape index (κ1) is 15.5. The van der Waals surface area contributed by atoms with Crippen LogP contribution in [0.5, 0.6) is 0 Å². The number of fused-ring (bicyclic) bond motifs is 4. The fraction of sp³-hybridized carbons (Fsp3) is 0.0476. The minimum absolute atomic E-state index is 0.350. The number of nitrogens with zero attached hydrogens (tertiary/aromatic N) is 4. The van der Waals surface area contributed by atoms with E-state index in [0.717, 1.165) is 22.0 Å². The van der Waals surface area contributed by atoms with E-state index < -0.39 is 0 Å². The Bertz CT molecular complexity index is 1320. The third kappa shape index (κ3) is 2.87. The van der Waals surface area contributed by atoms with Gasteiger partial charge in [-0.1, -0.05) is 48.0 Å². The van der Waals surface area contributed by atoms with E-state index in [4.69, 9.17) is 0 Å². The number of aryl methyl sites for hydroxylation is 1. The molecule has 0 amide bonds. The quantitative estimate of drug-likeness (QED) is 0.372. The summed E-state index contributed by atoms with van der Waals surface area (Å²) in [6.07, 6.45) is 1.74. The van der Waals surface area contributed by atoms with Gasteiger partial charge in [0.2, 0.25) is 0 Å². The fourth-order valence-electron chi connectivity index (χ4n) is 3.19. The number of benzene rings is 3. The number of hydrazone groups is 1. The standard InChI is InChI=1S/C21H16N6/c1-13-6-9-18-17(10-13)19-20(23-18)24-21(27-25-19)26-22-12-14-7-8-15-4-2-3-5-16(15)11-14/h2-12H,1H3,(H2,23,24,26,27). The summed E-state index contributed by atoms with van der Waals surface area (Å²) < 4.78 is 0. The van der Waals surface area contributed by atoms with E-state index in [9.17, 15) is 0 Å². The molecule has 0 fully saturated rings. The van der Waals surface area contributed by atoms with Gasteiger partial charge in [0.25, 0.3) is 5.95 Å². The van der Waals surface area contributed by atoms with Crippen molar-refractivity contribution in [3.63, 3.8) is 0 Å². The van der Waals surface area contributed by atoms with Crippen molar-refractivity contribution in [2.45, 2.75) is 6.92 Å². The van der Waals surface area contributed by atoms with E-state index in [-0.39, 0.29) is 0 Å². The van der Waals surface area contributed by atoms with Crippen LogP contribution in [0, 0.1) is 6.92 Å². The van der Waals surface area contributed by atoms with Crippen LogP contribution >= 0.6 is 0 Å². The summed E-state index contributed by atoms with van der Waals surface area (Å²) in [6.45, 7) is 2.05. The smallest absolute Gasteiger partial charge is 0.265 e. The average molecular weight is 352 g/mol. The molecule has 6 nitrogen and oxygen atoms in total. The SMILES string of the molecule is Cc1ccc2[nH]c3nc(NN=Cc4ccc5ccccc5c4)nnc3c2c1. The van der Waals surface area contributed by atoms with Crippen LogP contribution in [-0.4, -0.2) is 26.4 Å². The first-order valence-corrected chi connectivity index (χ1v) is 8.67. The highest BCUT2D eigenvalue weighted by atomic mass is 15.4. The number of nitrogens with one attached hydrogen (secondary N) is 2. The van der Waals surface area contributed by atoms with E-state index in [1.165, 1.54) is 16.3 Å². The van der Waals surface area contributed by atoms with Crippen molar-refractivity contribution < 1.29 is 0 Å². The zero-order chi connectivity index (χ0) is 18.2. The largest absolute Gasteiger partial charge is 0.338 e. The van der Waals surface area contributed by atoms with Crippen LogP contribution in [0.3, 0.4) is 0 Å². The molecule has 27 heavy (non-hydrogen) atoms. The van der Waals surface area contributed by atoms with Crippen molar-refractivity contribution >= 4 is 45.0 Å². The van der Waals surface area contributed by atoms with Crippen LogP contribution in [0.2, 0.25) is 0 Å². The molecule has 0 aliphatic heterocycles. The second kappa shape index (κ2) is 6.17. The Morgan fingerprint density at radius 2 is 1.85 bits per heavy atom. The van der Waals surface area contributed by atoms with E-state index >= 15 is 0 Å². The third-order valence-corrected chi connectivity index (χ3v) is 4.52. The molecule has 2 N–H and O–H groups in total. The van der Waals surface area contributed by atoms with Gasteiger partial charge in [0.05, 0.1) is 6.21 Å². The van der Waals surface area contributed by atoms with E-state index in [1.807, 2.05) is 24.3 Å². The zero-order valence-corrected chi connectivity index (χ0v) is 14.6. The van der Waals surface area contributed by atoms with Gasteiger partial charge in [0, 0.05) is 10.9 Å². The van der Waals surface area contributed by atoms with Gasteiger partial charge in [0.15, 0.2) is 5.65 Å². The van der Waals surface area contributed by atoms with Gasteiger partial charge in [0.1, 0.15) is 5.52 Å². The van der Waals surface area contributed by atoms with Gasteiger partial charge in [-0.2, -0.15) is 10.1 Å². The molecule has 5 aromatic rings. The molecular formula is C21H16N6. The van der Waals surface area contributed by atoms with Crippen LogP contribution in [0.1, 0.15) is 11.1 Å².